The van der Waals surface area contributed by atoms with Crippen LogP contribution in [0.1, 0.15) is 22.6 Å². The lowest BCUT2D eigenvalue weighted by molar-refractivity contribution is -0.140. The minimum atomic E-state index is -5.19. The standard InChI is InChI=1S/C24H16F4N4O4/c1-35-22(33)17-16(12-6-4-3-5-7-12)14(11-30)21(31)32(20(17)23(34)36-2)19-13(10-29)8-9-15(18(19)25)24(26,27)28/h3-9,16H,31H2,1-2H3. The number of halogens is 4. The third-order valence-electron chi connectivity index (χ3n) is 5.38. The van der Waals surface area contributed by atoms with Crippen LogP contribution in [0.15, 0.2) is 65.1 Å². The molecule has 0 fully saturated rings. The zero-order valence-corrected chi connectivity index (χ0v) is 18.7. The molecule has 184 valence electrons. The van der Waals surface area contributed by atoms with Gasteiger partial charge in [-0.1, -0.05) is 30.3 Å². The molecular formula is C24H16F4N4O4. The van der Waals surface area contributed by atoms with Gasteiger partial charge in [-0.3, -0.25) is 4.90 Å². The minimum Gasteiger partial charge on any atom is -0.466 e. The van der Waals surface area contributed by atoms with Gasteiger partial charge in [0.1, 0.15) is 23.3 Å². The Bertz CT molecular complexity index is 1390. The van der Waals surface area contributed by atoms with Gasteiger partial charge in [-0.15, -0.1) is 0 Å². The highest BCUT2D eigenvalue weighted by molar-refractivity contribution is 6.06. The number of nitrogens with zero attached hydrogens (tertiary/aromatic N) is 3. The van der Waals surface area contributed by atoms with E-state index in [4.69, 9.17) is 15.2 Å². The third-order valence-corrected chi connectivity index (χ3v) is 5.38. The summed E-state index contributed by atoms with van der Waals surface area (Å²) in [5, 5.41) is 19.5. The van der Waals surface area contributed by atoms with E-state index in [1.165, 1.54) is 12.1 Å². The maximum Gasteiger partial charge on any atom is 0.419 e. The van der Waals surface area contributed by atoms with E-state index in [0.717, 1.165) is 14.2 Å². The van der Waals surface area contributed by atoms with E-state index in [0.29, 0.717) is 22.6 Å². The number of hydrogen-bond acceptors (Lipinski definition) is 8. The predicted octanol–water partition coefficient (Wildman–Crippen LogP) is 3.61. The Balaban J connectivity index is 2.55. The third kappa shape index (κ3) is 4.20. The van der Waals surface area contributed by atoms with E-state index in [9.17, 15) is 33.3 Å². The van der Waals surface area contributed by atoms with Crippen LogP contribution in [0.3, 0.4) is 0 Å². The van der Waals surface area contributed by atoms with Gasteiger partial charge in [0.15, 0.2) is 5.82 Å². The van der Waals surface area contributed by atoms with Gasteiger partial charge in [0.05, 0.1) is 48.5 Å². The first-order valence-electron chi connectivity index (χ1n) is 9.98. The van der Waals surface area contributed by atoms with Crippen LogP contribution in [0.25, 0.3) is 0 Å². The highest BCUT2D eigenvalue weighted by Crippen LogP contribution is 2.46. The average molecular weight is 500 g/mol. The Labute approximate surface area is 202 Å². The molecule has 1 aliphatic heterocycles. The zero-order valence-electron chi connectivity index (χ0n) is 18.7. The Hall–Kier alpha value is -4.84. The Kier molecular flexibility index (Phi) is 7.02. The molecular weight excluding hydrogens is 484 g/mol. The highest BCUT2D eigenvalue weighted by Gasteiger charge is 2.45. The normalized spacial score (nSPS) is 15.8. The monoisotopic (exact) mass is 500 g/mol. The Morgan fingerprint density at radius 2 is 1.61 bits per heavy atom. The number of ether oxygens (including phenoxy) is 2. The molecule has 0 saturated heterocycles. The van der Waals surface area contributed by atoms with Gasteiger partial charge in [0, 0.05) is 0 Å². The average Bonchev–Trinajstić information content (AvgIpc) is 2.86. The van der Waals surface area contributed by atoms with E-state index < -0.39 is 69.3 Å². The van der Waals surface area contributed by atoms with Crippen molar-refractivity contribution in [1.29, 1.82) is 10.5 Å². The van der Waals surface area contributed by atoms with Crippen molar-refractivity contribution in [2.75, 3.05) is 19.1 Å². The Morgan fingerprint density at radius 1 is 1.00 bits per heavy atom. The predicted molar refractivity (Wildman–Crippen MR) is 116 cm³/mol. The summed E-state index contributed by atoms with van der Waals surface area (Å²) in [6.45, 7) is 0. The molecule has 2 N–H and O–H groups in total. The van der Waals surface area contributed by atoms with Crippen molar-refractivity contribution in [2.45, 2.75) is 12.1 Å². The number of alkyl halides is 3. The number of carbonyl (C=O) groups excluding carboxylic acids is 2. The van der Waals surface area contributed by atoms with Gasteiger partial charge in [-0.2, -0.15) is 23.7 Å². The summed E-state index contributed by atoms with van der Waals surface area (Å²) in [4.78, 5) is 26.4. The van der Waals surface area contributed by atoms with E-state index in [-0.39, 0.29) is 0 Å². The van der Waals surface area contributed by atoms with Crippen molar-refractivity contribution in [3.05, 3.63) is 87.6 Å². The molecule has 1 heterocycles. The topological polar surface area (TPSA) is 129 Å². The molecule has 0 radical (unpaired) electrons. The number of carbonyl (C=O) groups is 2. The van der Waals surface area contributed by atoms with Crippen LogP contribution in [0.4, 0.5) is 23.2 Å². The number of allylic oxidation sites excluding steroid dienone is 1. The second-order valence-electron chi connectivity index (χ2n) is 7.27. The number of esters is 2. The van der Waals surface area contributed by atoms with Gasteiger partial charge >= 0.3 is 18.1 Å². The van der Waals surface area contributed by atoms with Crippen LogP contribution in [0, 0.1) is 28.5 Å². The summed E-state index contributed by atoms with van der Waals surface area (Å²) in [6.07, 6.45) is -5.19. The molecule has 12 heteroatoms. The second kappa shape index (κ2) is 9.80. The summed E-state index contributed by atoms with van der Waals surface area (Å²) >= 11 is 0. The zero-order chi connectivity index (χ0) is 26.8. The number of rotatable bonds is 4. The van der Waals surface area contributed by atoms with Gasteiger partial charge in [-0.05, 0) is 17.7 Å². The van der Waals surface area contributed by atoms with Crippen LogP contribution in [0.5, 0.6) is 0 Å². The number of methoxy groups -OCH3 is 2. The fourth-order valence-electron chi connectivity index (χ4n) is 3.84. The quantitative estimate of drug-likeness (QED) is 0.498. The summed E-state index contributed by atoms with van der Waals surface area (Å²) in [7, 11) is 1.88. The lowest BCUT2D eigenvalue weighted by Gasteiger charge is -2.36. The van der Waals surface area contributed by atoms with E-state index in [2.05, 4.69) is 0 Å². The fourth-order valence-corrected chi connectivity index (χ4v) is 3.84. The molecule has 0 bridgehead atoms. The lowest BCUT2D eigenvalue weighted by Crippen LogP contribution is -2.41. The van der Waals surface area contributed by atoms with Gasteiger partial charge in [0.25, 0.3) is 0 Å². The maximum absolute atomic E-state index is 15.4. The molecule has 36 heavy (non-hydrogen) atoms. The molecule has 1 unspecified atom stereocenters. The molecule has 2 aromatic carbocycles. The lowest BCUT2D eigenvalue weighted by atomic mass is 9.80. The molecule has 0 aliphatic carbocycles. The molecule has 1 aliphatic rings. The minimum absolute atomic E-state index is 0.295. The number of benzene rings is 2. The number of anilines is 1. The van der Waals surface area contributed by atoms with Crippen LogP contribution in [0.2, 0.25) is 0 Å². The van der Waals surface area contributed by atoms with Crippen molar-refractivity contribution in [2.24, 2.45) is 5.73 Å². The number of nitrogens with two attached hydrogens (primary N) is 1. The van der Waals surface area contributed by atoms with Crippen LogP contribution >= 0.6 is 0 Å². The van der Waals surface area contributed by atoms with Crippen molar-refractivity contribution in [1.82, 2.24) is 0 Å². The first-order valence-corrected chi connectivity index (χ1v) is 9.98. The maximum atomic E-state index is 15.4. The van der Waals surface area contributed by atoms with Crippen LogP contribution in [-0.2, 0) is 25.2 Å². The van der Waals surface area contributed by atoms with E-state index in [1.807, 2.05) is 0 Å². The van der Waals surface area contributed by atoms with Crippen molar-refractivity contribution in [3.8, 4) is 12.1 Å². The summed E-state index contributed by atoms with van der Waals surface area (Å²) < 4.78 is 65.5. The molecule has 0 amide bonds. The van der Waals surface area contributed by atoms with E-state index >= 15 is 4.39 Å². The summed E-state index contributed by atoms with van der Waals surface area (Å²) in [5.41, 5.74) is 1.16. The summed E-state index contributed by atoms with van der Waals surface area (Å²) in [6, 6.07) is 12.1. The van der Waals surface area contributed by atoms with Gasteiger partial charge < -0.3 is 15.2 Å². The second-order valence-corrected chi connectivity index (χ2v) is 7.27. The van der Waals surface area contributed by atoms with Crippen molar-refractivity contribution in [3.63, 3.8) is 0 Å². The highest BCUT2D eigenvalue weighted by atomic mass is 19.4. The molecule has 0 spiro atoms. The smallest absolute Gasteiger partial charge is 0.419 e. The van der Waals surface area contributed by atoms with Gasteiger partial charge in [0.2, 0.25) is 0 Å². The first-order chi connectivity index (χ1) is 17.0. The van der Waals surface area contributed by atoms with Crippen LogP contribution < -0.4 is 10.6 Å². The molecule has 2 aromatic rings. The molecule has 3 rings (SSSR count). The molecule has 0 aromatic heterocycles. The number of nitriles is 2. The molecule has 8 nitrogen and oxygen atoms in total. The van der Waals surface area contributed by atoms with Crippen molar-refractivity contribution < 1.29 is 36.6 Å². The molecule has 1 atom stereocenters. The summed E-state index contributed by atoms with van der Waals surface area (Å²) in [5.74, 6) is -6.44. The van der Waals surface area contributed by atoms with Crippen LogP contribution in [-0.4, -0.2) is 26.2 Å². The largest absolute Gasteiger partial charge is 0.466 e. The number of hydrogen-bond donors (Lipinski definition) is 1. The van der Waals surface area contributed by atoms with E-state index in [1.54, 1.807) is 30.3 Å². The van der Waals surface area contributed by atoms with Crippen molar-refractivity contribution >= 4 is 17.6 Å². The van der Waals surface area contributed by atoms with Gasteiger partial charge in [-0.25, -0.2) is 14.0 Å². The molecule has 0 saturated carbocycles. The first kappa shape index (κ1) is 25.8. The SMILES string of the molecule is COC(=O)C1=C(C(=O)OC)N(c2c(C#N)ccc(C(F)(F)F)c2F)C(N)=C(C#N)C1c1ccccc1. The Morgan fingerprint density at radius 3 is 2.11 bits per heavy atom. The fraction of sp³-hybridized carbons (Fsp3) is 0.167.